The fraction of sp³-hybridized carbons (Fsp3) is 0.933. The van der Waals surface area contributed by atoms with Gasteiger partial charge < -0.3 is 20.7 Å². The number of carbonyl (C=O) groups excluding carboxylic acids is 1. The minimum Gasteiger partial charge on any atom is -0.380 e. The molecule has 1 aliphatic carbocycles. The van der Waals surface area contributed by atoms with E-state index in [2.05, 4.69) is 17.1 Å². The molecule has 0 aromatic heterocycles. The molecule has 1 saturated carbocycles. The van der Waals surface area contributed by atoms with Gasteiger partial charge in [-0.05, 0) is 45.1 Å². The van der Waals surface area contributed by atoms with Crippen molar-refractivity contribution in [2.24, 2.45) is 11.7 Å². The second kappa shape index (κ2) is 6.41. The number of methoxy groups -OCH3 is 1. The van der Waals surface area contributed by atoms with E-state index in [0.29, 0.717) is 18.1 Å². The van der Waals surface area contributed by atoms with Gasteiger partial charge in [-0.1, -0.05) is 6.92 Å². The van der Waals surface area contributed by atoms with Crippen molar-refractivity contribution in [1.82, 2.24) is 10.2 Å². The fourth-order valence-electron chi connectivity index (χ4n) is 2.93. The average molecular weight is 283 g/mol. The molecule has 3 atom stereocenters. The Bertz CT molecular complexity index is 346. The number of amides is 1. The Hall–Kier alpha value is -0.650. The fourth-order valence-corrected chi connectivity index (χ4v) is 2.93. The molecule has 5 nitrogen and oxygen atoms in total. The number of nitrogens with zero attached hydrogens (tertiary/aromatic N) is 1. The van der Waals surface area contributed by atoms with Crippen molar-refractivity contribution in [2.45, 2.75) is 57.2 Å². The second-order valence-corrected chi connectivity index (χ2v) is 6.71. The predicted molar refractivity (Wildman–Crippen MR) is 79.4 cm³/mol. The summed E-state index contributed by atoms with van der Waals surface area (Å²) in [6.07, 6.45) is 4.55. The van der Waals surface area contributed by atoms with E-state index in [9.17, 15) is 4.79 Å². The maximum atomic E-state index is 11.7. The zero-order valence-corrected chi connectivity index (χ0v) is 13.0. The highest BCUT2D eigenvalue weighted by atomic mass is 16.5. The Balaban J connectivity index is 1.84. The lowest BCUT2D eigenvalue weighted by Gasteiger charge is -2.38. The van der Waals surface area contributed by atoms with Gasteiger partial charge in [0.25, 0.3) is 0 Å². The summed E-state index contributed by atoms with van der Waals surface area (Å²) in [7, 11) is 1.78. The third-order valence-corrected chi connectivity index (χ3v) is 4.85. The first-order chi connectivity index (χ1) is 9.44. The van der Waals surface area contributed by atoms with E-state index in [4.69, 9.17) is 10.5 Å². The predicted octanol–water partition coefficient (Wildman–Crippen LogP) is 0.729. The number of rotatable bonds is 7. The normalized spacial score (nSPS) is 30.9. The van der Waals surface area contributed by atoms with Gasteiger partial charge >= 0.3 is 0 Å². The van der Waals surface area contributed by atoms with Gasteiger partial charge in [-0.3, -0.25) is 4.79 Å². The van der Waals surface area contributed by atoms with E-state index in [1.54, 1.807) is 7.11 Å². The van der Waals surface area contributed by atoms with Crippen molar-refractivity contribution in [3.8, 4) is 0 Å². The van der Waals surface area contributed by atoms with Crippen LogP contribution in [-0.2, 0) is 9.53 Å². The van der Waals surface area contributed by atoms with Crippen LogP contribution in [0.15, 0.2) is 0 Å². The molecule has 0 radical (unpaired) electrons. The molecule has 1 heterocycles. The van der Waals surface area contributed by atoms with E-state index in [-0.39, 0.29) is 5.91 Å². The molecular formula is C15H29N3O2. The standard InChI is InChI=1S/C15H29N3O2/c1-11-6-8-18(10-13(11)20-3)9-7-15(2,14(16)19)17-12-4-5-12/h11-13,17H,4-10H2,1-3H3,(H2,16,19). The van der Waals surface area contributed by atoms with Crippen molar-refractivity contribution >= 4 is 5.91 Å². The lowest BCUT2D eigenvalue weighted by Crippen LogP contribution is -2.56. The minimum absolute atomic E-state index is 0.238. The highest BCUT2D eigenvalue weighted by molar-refractivity contribution is 5.84. The van der Waals surface area contributed by atoms with Crippen LogP contribution < -0.4 is 11.1 Å². The van der Waals surface area contributed by atoms with E-state index in [1.807, 2.05) is 6.92 Å². The summed E-state index contributed by atoms with van der Waals surface area (Å²) >= 11 is 0. The first-order valence-electron chi connectivity index (χ1n) is 7.77. The summed E-state index contributed by atoms with van der Waals surface area (Å²) in [5, 5.41) is 3.41. The monoisotopic (exact) mass is 283 g/mol. The number of piperidine rings is 1. The summed E-state index contributed by atoms with van der Waals surface area (Å²) in [5.74, 6) is 0.376. The Labute approximate surface area is 122 Å². The van der Waals surface area contributed by atoms with Gasteiger partial charge in [-0.25, -0.2) is 0 Å². The molecule has 3 N–H and O–H groups in total. The summed E-state index contributed by atoms with van der Waals surface area (Å²) in [5.41, 5.74) is 5.02. The molecule has 0 aromatic carbocycles. The van der Waals surface area contributed by atoms with Crippen LogP contribution in [0, 0.1) is 5.92 Å². The number of likely N-dealkylation sites (tertiary alicyclic amines) is 1. The number of primary amides is 1. The Morgan fingerprint density at radius 3 is 2.70 bits per heavy atom. The molecule has 0 spiro atoms. The first-order valence-corrected chi connectivity index (χ1v) is 7.77. The summed E-state index contributed by atoms with van der Waals surface area (Å²) in [6, 6.07) is 0.487. The quantitative estimate of drug-likeness (QED) is 0.723. The van der Waals surface area contributed by atoms with Crippen molar-refractivity contribution in [1.29, 1.82) is 0 Å². The third kappa shape index (κ3) is 3.93. The lowest BCUT2D eigenvalue weighted by molar-refractivity contribution is -0.124. The highest BCUT2D eigenvalue weighted by Gasteiger charge is 2.37. The number of ether oxygens (including phenoxy) is 1. The van der Waals surface area contributed by atoms with E-state index in [1.165, 1.54) is 0 Å². The van der Waals surface area contributed by atoms with Gasteiger partial charge in [-0.15, -0.1) is 0 Å². The van der Waals surface area contributed by atoms with E-state index >= 15 is 0 Å². The van der Waals surface area contributed by atoms with Crippen LogP contribution >= 0.6 is 0 Å². The number of hydrogen-bond acceptors (Lipinski definition) is 4. The van der Waals surface area contributed by atoms with Crippen LogP contribution in [0.25, 0.3) is 0 Å². The summed E-state index contributed by atoms with van der Waals surface area (Å²) in [4.78, 5) is 14.1. The van der Waals surface area contributed by atoms with Crippen LogP contribution in [0.2, 0.25) is 0 Å². The molecule has 5 heteroatoms. The molecule has 20 heavy (non-hydrogen) atoms. The van der Waals surface area contributed by atoms with Gasteiger partial charge in [-0.2, -0.15) is 0 Å². The summed E-state index contributed by atoms with van der Waals surface area (Å²) in [6.45, 7) is 7.11. The van der Waals surface area contributed by atoms with E-state index in [0.717, 1.165) is 45.3 Å². The molecule has 3 unspecified atom stereocenters. The number of nitrogens with two attached hydrogens (primary N) is 1. The molecule has 0 bridgehead atoms. The van der Waals surface area contributed by atoms with Gasteiger partial charge in [0.2, 0.25) is 5.91 Å². The maximum absolute atomic E-state index is 11.7. The summed E-state index contributed by atoms with van der Waals surface area (Å²) < 4.78 is 5.54. The molecular weight excluding hydrogens is 254 g/mol. The lowest BCUT2D eigenvalue weighted by atomic mass is 9.93. The Kier molecular flexibility index (Phi) is 5.04. The van der Waals surface area contributed by atoms with Gasteiger partial charge in [0.15, 0.2) is 0 Å². The zero-order valence-electron chi connectivity index (χ0n) is 13.0. The molecule has 2 aliphatic rings. The Morgan fingerprint density at radius 1 is 1.45 bits per heavy atom. The average Bonchev–Trinajstić information content (AvgIpc) is 3.21. The molecule has 2 rings (SSSR count). The number of hydrogen-bond donors (Lipinski definition) is 2. The molecule has 116 valence electrons. The van der Waals surface area contributed by atoms with Gasteiger partial charge in [0.05, 0.1) is 11.6 Å². The van der Waals surface area contributed by atoms with E-state index < -0.39 is 5.54 Å². The van der Waals surface area contributed by atoms with Crippen LogP contribution in [0.5, 0.6) is 0 Å². The molecule has 2 fully saturated rings. The topological polar surface area (TPSA) is 67.6 Å². The van der Waals surface area contributed by atoms with Gasteiger partial charge in [0, 0.05) is 26.2 Å². The van der Waals surface area contributed by atoms with Crippen LogP contribution in [0.4, 0.5) is 0 Å². The number of nitrogens with one attached hydrogen (secondary N) is 1. The molecule has 1 aliphatic heterocycles. The first kappa shape index (κ1) is 15.7. The van der Waals surface area contributed by atoms with Crippen LogP contribution in [-0.4, -0.2) is 55.2 Å². The van der Waals surface area contributed by atoms with Crippen molar-refractivity contribution in [3.05, 3.63) is 0 Å². The number of carbonyl (C=O) groups is 1. The van der Waals surface area contributed by atoms with Crippen molar-refractivity contribution in [2.75, 3.05) is 26.7 Å². The minimum atomic E-state index is -0.577. The van der Waals surface area contributed by atoms with Gasteiger partial charge in [0.1, 0.15) is 0 Å². The Morgan fingerprint density at radius 2 is 2.15 bits per heavy atom. The van der Waals surface area contributed by atoms with Crippen LogP contribution in [0.1, 0.15) is 39.5 Å². The zero-order chi connectivity index (χ0) is 14.8. The van der Waals surface area contributed by atoms with Crippen LogP contribution in [0.3, 0.4) is 0 Å². The smallest absolute Gasteiger partial charge is 0.237 e. The van der Waals surface area contributed by atoms with Crippen molar-refractivity contribution < 1.29 is 9.53 Å². The van der Waals surface area contributed by atoms with Crippen molar-refractivity contribution in [3.63, 3.8) is 0 Å². The maximum Gasteiger partial charge on any atom is 0.237 e. The highest BCUT2D eigenvalue weighted by Crippen LogP contribution is 2.25. The third-order valence-electron chi connectivity index (χ3n) is 4.85. The SMILES string of the molecule is COC1CN(CCC(C)(NC2CC2)C(N)=O)CCC1C. The molecule has 0 aromatic rings. The second-order valence-electron chi connectivity index (χ2n) is 6.71. The largest absolute Gasteiger partial charge is 0.380 e. The molecule has 1 saturated heterocycles. The molecule has 1 amide bonds.